The van der Waals surface area contributed by atoms with Gasteiger partial charge in [0, 0.05) is 0 Å². The number of aliphatic hydroxyl groups is 1. The van der Waals surface area contributed by atoms with Crippen LogP contribution in [0.3, 0.4) is 0 Å². The van der Waals surface area contributed by atoms with Crippen LogP contribution < -0.4 is 0 Å². The highest BCUT2D eigenvalue weighted by Crippen LogP contribution is 2.62. The fourth-order valence-corrected chi connectivity index (χ4v) is 5.68. The summed E-state index contributed by atoms with van der Waals surface area (Å²) in [5.41, 5.74) is 0.949. The van der Waals surface area contributed by atoms with Crippen LogP contribution in [0.5, 0.6) is 0 Å². The molecule has 0 radical (unpaired) electrons. The van der Waals surface area contributed by atoms with Gasteiger partial charge < -0.3 is 5.11 Å². The molecule has 0 aromatic carbocycles. The van der Waals surface area contributed by atoms with E-state index in [1.165, 1.54) is 44.9 Å². The van der Waals surface area contributed by atoms with Crippen molar-refractivity contribution in [3.63, 3.8) is 0 Å². The van der Waals surface area contributed by atoms with Crippen LogP contribution in [0.25, 0.3) is 0 Å². The third kappa shape index (κ3) is 3.71. The minimum atomic E-state index is -0.105. The molecule has 1 N–H and O–H groups in total. The zero-order valence-corrected chi connectivity index (χ0v) is 16.0. The van der Waals surface area contributed by atoms with Crippen molar-refractivity contribution in [3.05, 3.63) is 0 Å². The average molecular weight is 309 g/mol. The second-order valence-corrected chi connectivity index (χ2v) is 9.97. The van der Waals surface area contributed by atoms with Crippen molar-refractivity contribution < 1.29 is 5.11 Å². The molecule has 0 aliphatic heterocycles. The van der Waals surface area contributed by atoms with Crippen molar-refractivity contribution in [2.45, 2.75) is 105 Å². The largest absolute Gasteiger partial charge is 0.392 e. The number of hydrogen-bond donors (Lipinski definition) is 1. The normalized spacial score (nSPS) is 32.3. The minimum Gasteiger partial charge on any atom is -0.392 e. The van der Waals surface area contributed by atoms with Gasteiger partial charge in [0.05, 0.1) is 6.10 Å². The van der Waals surface area contributed by atoms with Crippen molar-refractivity contribution >= 4 is 0 Å². The third-order valence-electron chi connectivity index (χ3n) is 7.04. The molecule has 0 amide bonds. The van der Waals surface area contributed by atoms with E-state index in [0.717, 1.165) is 18.8 Å². The predicted octanol–water partition coefficient (Wildman–Crippen LogP) is 6.20. The van der Waals surface area contributed by atoms with Gasteiger partial charge in [-0.1, -0.05) is 67.2 Å². The van der Waals surface area contributed by atoms with Gasteiger partial charge in [0.1, 0.15) is 0 Å². The lowest BCUT2D eigenvalue weighted by Crippen LogP contribution is -2.39. The van der Waals surface area contributed by atoms with Gasteiger partial charge in [-0.25, -0.2) is 0 Å². The molecule has 2 rings (SSSR count). The van der Waals surface area contributed by atoms with Gasteiger partial charge in [-0.15, -0.1) is 0 Å². The van der Waals surface area contributed by atoms with E-state index in [0.29, 0.717) is 16.7 Å². The molecule has 0 spiro atoms. The van der Waals surface area contributed by atoms with Crippen LogP contribution in [0, 0.1) is 28.1 Å². The maximum atomic E-state index is 11.2. The van der Waals surface area contributed by atoms with E-state index in [-0.39, 0.29) is 11.5 Å². The summed E-state index contributed by atoms with van der Waals surface area (Å²) in [6.07, 6.45) is 11.8. The summed E-state index contributed by atoms with van der Waals surface area (Å²) in [6.45, 7) is 13.9. The Morgan fingerprint density at radius 1 is 1.05 bits per heavy atom. The van der Waals surface area contributed by atoms with Gasteiger partial charge in [0.2, 0.25) is 0 Å². The third-order valence-corrected chi connectivity index (χ3v) is 7.04. The smallest absolute Gasteiger partial charge is 0.0624 e. The van der Waals surface area contributed by atoms with Crippen LogP contribution in [0.15, 0.2) is 0 Å². The van der Waals surface area contributed by atoms with Crippen molar-refractivity contribution in [3.8, 4) is 0 Å². The molecule has 2 unspecified atom stereocenters. The fourth-order valence-electron chi connectivity index (χ4n) is 5.68. The Bertz CT molecular complexity index is 361. The molecule has 4 atom stereocenters. The second-order valence-electron chi connectivity index (χ2n) is 9.97. The maximum Gasteiger partial charge on any atom is 0.0624 e. The van der Waals surface area contributed by atoms with Crippen LogP contribution in [-0.2, 0) is 0 Å². The molecule has 0 saturated heterocycles. The molecule has 0 aromatic rings. The first kappa shape index (κ1) is 18.3. The summed E-state index contributed by atoms with van der Waals surface area (Å²) < 4.78 is 0. The first-order valence-electron chi connectivity index (χ1n) is 9.85. The molecular formula is C21H40O. The van der Waals surface area contributed by atoms with Crippen LogP contribution >= 0.6 is 0 Å². The molecule has 22 heavy (non-hydrogen) atoms. The van der Waals surface area contributed by atoms with Gasteiger partial charge in [-0.3, -0.25) is 0 Å². The zero-order valence-electron chi connectivity index (χ0n) is 16.0. The van der Waals surface area contributed by atoms with Gasteiger partial charge in [0.25, 0.3) is 0 Å². The lowest BCUT2D eigenvalue weighted by Gasteiger charge is -2.42. The first-order chi connectivity index (χ1) is 10.2. The summed E-state index contributed by atoms with van der Waals surface area (Å²) >= 11 is 0. The van der Waals surface area contributed by atoms with E-state index < -0.39 is 0 Å². The van der Waals surface area contributed by atoms with Crippen LogP contribution in [-0.4, -0.2) is 11.2 Å². The van der Waals surface area contributed by atoms with Crippen molar-refractivity contribution in [2.24, 2.45) is 28.1 Å². The molecular weight excluding hydrogens is 268 g/mol. The highest BCUT2D eigenvalue weighted by Gasteiger charge is 2.57. The fraction of sp³-hybridized carbons (Fsp3) is 1.00. The number of aliphatic hydroxyl groups excluding tert-OH is 1. The first-order valence-corrected chi connectivity index (χ1v) is 9.85. The molecule has 1 heteroatoms. The highest BCUT2D eigenvalue weighted by atomic mass is 16.3. The standard InChI is InChI=1S/C21H40O/c1-7-20(6,15-19(3,4)5)18(22)16-14-17(16)21(8-2)12-10-9-11-13-21/h16-18,22H,7-15H2,1-6H3/t16?,17?,18-,20+/m1/s1. The quantitative estimate of drug-likeness (QED) is 0.619. The lowest BCUT2D eigenvalue weighted by atomic mass is 9.65. The van der Waals surface area contributed by atoms with Crippen molar-refractivity contribution in [1.29, 1.82) is 0 Å². The molecule has 2 saturated carbocycles. The van der Waals surface area contributed by atoms with Gasteiger partial charge in [-0.2, -0.15) is 0 Å². The number of rotatable bonds is 6. The Kier molecular flexibility index (Phi) is 5.37. The van der Waals surface area contributed by atoms with Crippen molar-refractivity contribution in [2.75, 3.05) is 0 Å². The minimum absolute atomic E-state index is 0.0846. The Balaban J connectivity index is 2.06. The summed E-state index contributed by atoms with van der Waals surface area (Å²) in [5.74, 6) is 1.38. The molecule has 0 aromatic heterocycles. The van der Waals surface area contributed by atoms with Crippen LogP contribution in [0.1, 0.15) is 99.3 Å². The molecule has 2 aliphatic carbocycles. The average Bonchev–Trinajstić information content (AvgIpc) is 3.26. The summed E-state index contributed by atoms with van der Waals surface area (Å²) in [5, 5.41) is 11.2. The van der Waals surface area contributed by atoms with E-state index in [9.17, 15) is 5.11 Å². The molecule has 0 bridgehead atoms. The molecule has 1 nitrogen and oxygen atoms in total. The van der Waals surface area contributed by atoms with E-state index >= 15 is 0 Å². The summed E-state index contributed by atoms with van der Waals surface area (Å²) in [6, 6.07) is 0. The second kappa shape index (κ2) is 6.46. The monoisotopic (exact) mass is 308 g/mol. The van der Waals surface area contributed by atoms with Gasteiger partial charge in [-0.05, 0) is 60.2 Å². The zero-order chi connectivity index (χ0) is 16.6. The van der Waals surface area contributed by atoms with Crippen molar-refractivity contribution in [1.82, 2.24) is 0 Å². The molecule has 130 valence electrons. The Labute approximate surface area is 139 Å². The summed E-state index contributed by atoms with van der Waals surface area (Å²) in [7, 11) is 0. The van der Waals surface area contributed by atoms with E-state index in [2.05, 4.69) is 41.5 Å². The van der Waals surface area contributed by atoms with Crippen LogP contribution in [0.2, 0.25) is 0 Å². The Morgan fingerprint density at radius 2 is 1.64 bits per heavy atom. The Hall–Kier alpha value is -0.0400. The van der Waals surface area contributed by atoms with Gasteiger partial charge >= 0.3 is 0 Å². The molecule has 0 heterocycles. The van der Waals surface area contributed by atoms with E-state index in [1.807, 2.05) is 0 Å². The molecule has 2 aliphatic rings. The topological polar surface area (TPSA) is 20.2 Å². The predicted molar refractivity (Wildman–Crippen MR) is 95.9 cm³/mol. The summed E-state index contributed by atoms with van der Waals surface area (Å²) in [4.78, 5) is 0. The van der Waals surface area contributed by atoms with Gasteiger partial charge in [0.15, 0.2) is 0 Å². The molecule has 2 fully saturated rings. The number of hydrogen-bond acceptors (Lipinski definition) is 1. The van der Waals surface area contributed by atoms with Crippen LogP contribution in [0.4, 0.5) is 0 Å². The van der Waals surface area contributed by atoms with E-state index in [4.69, 9.17) is 0 Å². The van der Waals surface area contributed by atoms with E-state index in [1.54, 1.807) is 0 Å². The maximum absolute atomic E-state index is 11.2. The SMILES string of the molecule is CCC1(C2CC2[C@@H](O)[C@@](C)(CC)CC(C)(C)C)CCCCC1. The Morgan fingerprint density at radius 3 is 2.09 bits per heavy atom. The lowest BCUT2D eigenvalue weighted by molar-refractivity contribution is -0.0218. The highest BCUT2D eigenvalue weighted by molar-refractivity contribution is 5.06.